The zero-order valence-corrected chi connectivity index (χ0v) is 22.9. The number of ether oxygens (including phenoxy) is 1. The summed E-state index contributed by atoms with van der Waals surface area (Å²) >= 11 is 2.72. The van der Waals surface area contributed by atoms with Crippen LogP contribution >= 0.6 is 35.7 Å². The first-order valence-corrected chi connectivity index (χ1v) is 13.4. The van der Waals surface area contributed by atoms with Crippen molar-refractivity contribution in [3.8, 4) is 11.5 Å². The highest BCUT2D eigenvalue weighted by molar-refractivity contribution is 7.99. The summed E-state index contributed by atoms with van der Waals surface area (Å²) in [6, 6.07) is 11.1. The van der Waals surface area contributed by atoms with E-state index in [1.165, 1.54) is 23.3 Å². The third kappa shape index (κ3) is 6.76. The molecule has 4 aromatic rings. The molecule has 0 aromatic carbocycles. The minimum atomic E-state index is -0.253. The van der Waals surface area contributed by atoms with Crippen LogP contribution in [0.5, 0.6) is 11.5 Å². The van der Waals surface area contributed by atoms with Gasteiger partial charge in [0.05, 0.1) is 6.61 Å². The van der Waals surface area contributed by atoms with Crippen molar-refractivity contribution in [3.63, 3.8) is 0 Å². The van der Waals surface area contributed by atoms with Crippen molar-refractivity contribution in [2.24, 2.45) is 0 Å². The Hall–Kier alpha value is -3.32. The molecule has 0 bridgehead atoms. The van der Waals surface area contributed by atoms with Gasteiger partial charge in [0.1, 0.15) is 16.5 Å². The van der Waals surface area contributed by atoms with Crippen LogP contribution in [0.15, 0.2) is 64.9 Å². The maximum atomic E-state index is 11.6. The SMILES string of the molecule is CC(=O)N1CCC(c2nsc(Nc3ncc(Sc4ccccn4)cc3Oc3cccnc3CO)n2)CC1.Cl. The average Bonchev–Trinajstić information content (AvgIpc) is 3.40. The van der Waals surface area contributed by atoms with Crippen LogP contribution in [0.2, 0.25) is 0 Å². The Bertz CT molecular complexity index is 1370. The number of likely N-dealkylation sites (tertiary alicyclic amines) is 1. The molecule has 0 radical (unpaired) electrons. The summed E-state index contributed by atoms with van der Waals surface area (Å²) in [4.78, 5) is 32.2. The Morgan fingerprint density at radius 2 is 1.97 bits per heavy atom. The maximum Gasteiger partial charge on any atom is 0.219 e. The fourth-order valence-electron chi connectivity index (χ4n) is 3.94. The highest BCUT2D eigenvalue weighted by Gasteiger charge is 2.25. The van der Waals surface area contributed by atoms with Crippen LogP contribution in [-0.4, -0.2) is 53.3 Å². The molecule has 10 nitrogen and oxygen atoms in total. The fraction of sp³-hybridized carbons (Fsp3) is 0.280. The topological polar surface area (TPSA) is 126 Å². The van der Waals surface area contributed by atoms with Crippen LogP contribution in [0.1, 0.15) is 37.2 Å². The normalized spacial score (nSPS) is 13.6. The van der Waals surface area contributed by atoms with Gasteiger partial charge in [0.25, 0.3) is 0 Å². The number of nitrogens with one attached hydrogen (secondary N) is 1. The number of aliphatic hydroxyl groups is 1. The summed E-state index contributed by atoms with van der Waals surface area (Å²) in [5, 5.41) is 14.4. The summed E-state index contributed by atoms with van der Waals surface area (Å²) in [5.41, 5.74) is 0.423. The summed E-state index contributed by atoms with van der Waals surface area (Å²) in [6.07, 6.45) is 6.76. The van der Waals surface area contributed by atoms with Crippen LogP contribution in [-0.2, 0) is 11.4 Å². The Kier molecular flexibility index (Phi) is 9.45. The number of piperidine rings is 1. The van der Waals surface area contributed by atoms with E-state index in [2.05, 4.69) is 24.6 Å². The first-order valence-electron chi connectivity index (χ1n) is 11.8. The van der Waals surface area contributed by atoms with Crippen molar-refractivity contribution in [1.82, 2.24) is 29.2 Å². The Morgan fingerprint density at radius 3 is 2.71 bits per heavy atom. The molecule has 5 heterocycles. The molecular weight excluding hydrogens is 546 g/mol. The second-order valence-electron chi connectivity index (χ2n) is 8.36. The van der Waals surface area contributed by atoms with Gasteiger partial charge in [0.15, 0.2) is 17.3 Å². The summed E-state index contributed by atoms with van der Waals surface area (Å²) in [6.45, 7) is 2.78. The van der Waals surface area contributed by atoms with Crippen LogP contribution in [0.3, 0.4) is 0 Å². The molecule has 0 saturated carbocycles. The predicted molar refractivity (Wildman–Crippen MR) is 147 cm³/mol. The predicted octanol–water partition coefficient (Wildman–Crippen LogP) is 5.05. The lowest BCUT2D eigenvalue weighted by molar-refractivity contribution is -0.129. The summed E-state index contributed by atoms with van der Waals surface area (Å²) in [7, 11) is 0. The molecule has 0 unspecified atom stereocenters. The minimum Gasteiger partial charge on any atom is -0.451 e. The van der Waals surface area contributed by atoms with Gasteiger partial charge in [0, 0.05) is 67.0 Å². The van der Waals surface area contributed by atoms with Crippen molar-refractivity contribution in [2.45, 2.75) is 42.2 Å². The van der Waals surface area contributed by atoms with E-state index in [0.717, 1.165) is 41.7 Å². The number of anilines is 2. The smallest absolute Gasteiger partial charge is 0.219 e. The first kappa shape index (κ1) is 27.7. The van der Waals surface area contributed by atoms with Crippen molar-refractivity contribution < 1.29 is 14.6 Å². The zero-order chi connectivity index (χ0) is 25.6. The van der Waals surface area contributed by atoms with Gasteiger partial charge in [-0.15, -0.1) is 12.4 Å². The standard InChI is InChI=1S/C25H25N7O3S2.ClH/c1-16(34)32-11-7-17(8-12-32)23-29-25(37-31-23)30-24-21(35-20-5-4-10-26-19(20)15-33)13-18(14-28-24)36-22-6-2-3-9-27-22;/h2-6,9-10,13-14,17,33H,7-8,11-12,15H2,1H3,(H,28,29,30,31);1H. The maximum absolute atomic E-state index is 11.6. The van der Waals surface area contributed by atoms with E-state index in [1.54, 1.807) is 37.6 Å². The largest absolute Gasteiger partial charge is 0.451 e. The molecule has 2 N–H and O–H groups in total. The number of aliphatic hydroxyl groups excluding tert-OH is 1. The van der Waals surface area contributed by atoms with Gasteiger partial charge < -0.3 is 20.1 Å². The molecule has 0 aliphatic carbocycles. The number of hydrogen-bond donors (Lipinski definition) is 2. The van der Waals surface area contributed by atoms with Gasteiger partial charge in [-0.1, -0.05) is 17.8 Å². The monoisotopic (exact) mass is 571 g/mol. The quantitative estimate of drug-likeness (QED) is 0.296. The molecule has 198 valence electrons. The van der Waals surface area contributed by atoms with Crippen molar-refractivity contribution in [1.29, 1.82) is 0 Å². The number of carbonyl (C=O) groups is 1. The van der Waals surface area contributed by atoms with E-state index in [0.29, 0.717) is 28.1 Å². The molecule has 1 saturated heterocycles. The van der Waals surface area contributed by atoms with Crippen molar-refractivity contribution in [2.75, 3.05) is 18.4 Å². The lowest BCUT2D eigenvalue weighted by Crippen LogP contribution is -2.36. The number of hydrogen-bond acceptors (Lipinski definition) is 11. The van der Waals surface area contributed by atoms with Crippen LogP contribution < -0.4 is 10.1 Å². The molecule has 1 fully saturated rings. The minimum absolute atomic E-state index is 0. The van der Waals surface area contributed by atoms with Gasteiger partial charge in [0.2, 0.25) is 11.0 Å². The van der Waals surface area contributed by atoms with E-state index in [-0.39, 0.29) is 30.8 Å². The van der Waals surface area contributed by atoms with E-state index in [9.17, 15) is 9.90 Å². The Balaban J connectivity index is 0.00000336. The molecule has 0 atom stereocenters. The number of pyridine rings is 3. The fourth-order valence-corrected chi connectivity index (χ4v) is 5.36. The third-order valence-corrected chi connectivity index (χ3v) is 7.43. The van der Waals surface area contributed by atoms with Crippen molar-refractivity contribution >= 4 is 52.6 Å². The summed E-state index contributed by atoms with van der Waals surface area (Å²) in [5.74, 6) is 2.45. The molecule has 5 rings (SSSR count). The van der Waals surface area contributed by atoms with Gasteiger partial charge in [-0.05, 0) is 37.1 Å². The molecular formula is C25H26ClN7O3S2. The molecule has 4 aromatic heterocycles. The van der Waals surface area contributed by atoms with E-state index >= 15 is 0 Å². The molecule has 13 heteroatoms. The van der Waals surface area contributed by atoms with E-state index in [4.69, 9.17) is 9.72 Å². The number of amides is 1. The highest BCUT2D eigenvalue weighted by Crippen LogP contribution is 2.37. The lowest BCUT2D eigenvalue weighted by atomic mass is 9.96. The van der Waals surface area contributed by atoms with Gasteiger partial charge >= 0.3 is 0 Å². The Morgan fingerprint density at radius 1 is 1.16 bits per heavy atom. The third-order valence-electron chi connectivity index (χ3n) is 5.88. The van der Waals surface area contributed by atoms with Gasteiger partial charge in [-0.2, -0.15) is 4.37 Å². The molecule has 1 aliphatic rings. The van der Waals surface area contributed by atoms with Crippen molar-refractivity contribution in [3.05, 3.63) is 66.5 Å². The number of aromatic nitrogens is 5. The number of nitrogens with zero attached hydrogens (tertiary/aromatic N) is 6. The highest BCUT2D eigenvalue weighted by atomic mass is 35.5. The molecule has 1 aliphatic heterocycles. The average molecular weight is 572 g/mol. The number of rotatable bonds is 8. The zero-order valence-electron chi connectivity index (χ0n) is 20.5. The van der Waals surface area contributed by atoms with E-state index < -0.39 is 0 Å². The molecule has 1 amide bonds. The second kappa shape index (κ2) is 13.0. The Labute approximate surface area is 234 Å². The number of carbonyl (C=O) groups excluding carboxylic acids is 1. The summed E-state index contributed by atoms with van der Waals surface area (Å²) < 4.78 is 10.7. The first-order chi connectivity index (χ1) is 18.1. The van der Waals surface area contributed by atoms with Crippen LogP contribution in [0, 0.1) is 0 Å². The van der Waals surface area contributed by atoms with Gasteiger partial charge in [-0.25, -0.2) is 15.0 Å². The van der Waals surface area contributed by atoms with Crippen LogP contribution in [0.25, 0.3) is 0 Å². The van der Waals surface area contributed by atoms with Gasteiger partial charge in [-0.3, -0.25) is 9.78 Å². The molecule has 38 heavy (non-hydrogen) atoms. The van der Waals surface area contributed by atoms with Crippen LogP contribution in [0.4, 0.5) is 10.9 Å². The second-order valence-corrected chi connectivity index (χ2v) is 10.2. The number of halogens is 1. The van der Waals surface area contributed by atoms with E-state index in [1.807, 2.05) is 29.2 Å². The lowest BCUT2D eigenvalue weighted by Gasteiger charge is -2.29. The molecule has 0 spiro atoms.